The molecule has 0 aromatic carbocycles. The smallest absolute Gasteiger partial charge is 0.241 e. The second-order valence-corrected chi connectivity index (χ2v) is 4.86. The van der Waals surface area contributed by atoms with Crippen molar-refractivity contribution in [2.75, 3.05) is 36.5 Å². The lowest BCUT2D eigenvalue weighted by molar-refractivity contribution is -0.117. The quantitative estimate of drug-likeness (QED) is 0.846. The minimum atomic E-state index is -0.474. The Balaban J connectivity index is 0.00000220. The second kappa shape index (κ2) is 10.6. The molecule has 2 rings (SSSR count). The summed E-state index contributed by atoms with van der Waals surface area (Å²) in [5, 5.41) is 2.88. The van der Waals surface area contributed by atoms with Crippen LogP contribution < -0.4 is 16.0 Å². The number of nitrogens with two attached hydrogens (primary N) is 1. The van der Waals surface area contributed by atoms with Crippen LogP contribution in [0.5, 0.6) is 0 Å². The predicted octanol–water partition coefficient (Wildman–Crippen LogP) is 1.83. The van der Waals surface area contributed by atoms with Gasteiger partial charge in [-0.25, -0.2) is 4.98 Å². The number of amides is 1. The maximum absolute atomic E-state index is 12.0. The summed E-state index contributed by atoms with van der Waals surface area (Å²) in [6.45, 7) is 4.93. The van der Waals surface area contributed by atoms with E-state index in [1.165, 1.54) is 0 Å². The zero-order valence-corrected chi connectivity index (χ0v) is 14.3. The van der Waals surface area contributed by atoms with Crippen molar-refractivity contribution in [3.05, 3.63) is 18.3 Å². The molecule has 8 heteroatoms. The average Bonchev–Trinajstić information content (AvgIpc) is 2.49. The number of pyridine rings is 1. The van der Waals surface area contributed by atoms with Crippen molar-refractivity contribution < 1.29 is 9.53 Å². The normalized spacial score (nSPS) is 15.3. The van der Waals surface area contributed by atoms with E-state index < -0.39 is 6.04 Å². The first-order valence-electron chi connectivity index (χ1n) is 7.06. The first-order chi connectivity index (χ1) is 9.72. The Labute approximate surface area is 143 Å². The minimum Gasteiger partial charge on any atom is -0.378 e. The molecule has 2 heterocycles. The number of carbonyl (C=O) groups is 1. The number of rotatable bonds is 5. The molecule has 1 atom stereocenters. The molecule has 0 saturated carbocycles. The minimum absolute atomic E-state index is 0. The van der Waals surface area contributed by atoms with Gasteiger partial charge in [0.2, 0.25) is 5.91 Å². The molecule has 1 saturated heterocycles. The molecule has 126 valence electrons. The van der Waals surface area contributed by atoms with Gasteiger partial charge >= 0.3 is 0 Å². The Kier molecular flexibility index (Phi) is 10.1. The predicted molar refractivity (Wildman–Crippen MR) is 93.3 cm³/mol. The summed E-state index contributed by atoms with van der Waals surface area (Å²) in [6.07, 6.45) is 3.29. The monoisotopic (exact) mass is 350 g/mol. The van der Waals surface area contributed by atoms with Crippen LogP contribution >= 0.6 is 24.8 Å². The van der Waals surface area contributed by atoms with Gasteiger partial charge in [-0.2, -0.15) is 0 Å². The molecule has 1 aromatic rings. The third-order valence-electron chi connectivity index (χ3n) is 3.29. The molecule has 0 bridgehead atoms. The number of carbonyl (C=O) groups excluding carboxylic acids is 1. The van der Waals surface area contributed by atoms with Crippen molar-refractivity contribution in [3.63, 3.8) is 0 Å². The van der Waals surface area contributed by atoms with E-state index in [2.05, 4.69) is 15.2 Å². The van der Waals surface area contributed by atoms with Gasteiger partial charge in [-0.15, -0.1) is 24.8 Å². The summed E-state index contributed by atoms with van der Waals surface area (Å²) in [6, 6.07) is 3.19. The van der Waals surface area contributed by atoms with E-state index in [1.54, 1.807) is 6.20 Å². The molecular formula is C14H24Cl2N4O2. The Morgan fingerprint density at radius 2 is 2.14 bits per heavy atom. The molecule has 0 radical (unpaired) electrons. The molecule has 1 aliphatic rings. The highest BCUT2D eigenvalue weighted by Gasteiger charge is 2.19. The lowest BCUT2D eigenvalue weighted by atomic mass is 10.1. The highest BCUT2D eigenvalue weighted by atomic mass is 35.5. The molecule has 6 nitrogen and oxygen atoms in total. The van der Waals surface area contributed by atoms with E-state index in [1.807, 2.05) is 19.1 Å². The number of anilines is 2. The molecule has 1 amide bonds. The number of halogens is 2. The lowest BCUT2D eigenvalue weighted by Crippen LogP contribution is -2.39. The van der Waals surface area contributed by atoms with Gasteiger partial charge in [-0.05, 0) is 18.6 Å². The topological polar surface area (TPSA) is 80.5 Å². The third-order valence-corrected chi connectivity index (χ3v) is 3.29. The highest BCUT2D eigenvalue weighted by Crippen LogP contribution is 2.23. The van der Waals surface area contributed by atoms with Crippen LogP contribution in [0, 0.1) is 0 Å². The first kappa shape index (κ1) is 20.9. The second-order valence-electron chi connectivity index (χ2n) is 4.86. The molecule has 0 spiro atoms. The van der Waals surface area contributed by atoms with Gasteiger partial charge in [0.15, 0.2) is 5.82 Å². The number of nitrogens with one attached hydrogen (secondary N) is 1. The van der Waals surface area contributed by atoms with Gasteiger partial charge in [-0.3, -0.25) is 4.79 Å². The van der Waals surface area contributed by atoms with E-state index in [9.17, 15) is 4.79 Å². The number of aromatic nitrogens is 1. The average molecular weight is 351 g/mol. The van der Waals surface area contributed by atoms with Gasteiger partial charge in [0, 0.05) is 19.3 Å². The number of morpholine rings is 1. The molecule has 1 aromatic heterocycles. The molecule has 0 aliphatic carbocycles. The molecule has 3 N–H and O–H groups in total. The van der Waals surface area contributed by atoms with E-state index in [0.717, 1.165) is 25.3 Å². The van der Waals surface area contributed by atoms with Gasteiger partial charge < -0.3 is 20.7 Å². The standard InChI is InChI=1S/C14H22N4O2.2ClH/c1-2-4-11(15)14(19)17-12-5-3-6-16-13(12)18-7-9-20-10-8-18;;/h3,5-6,11H,2,4,7-10,15H2,1H3,(H,17,19);2*1H. The van der Waals surface area contributed by atoms with Crippen molar-refractivity contribution in [3.8, 4) is 0 Å². The maximum atomic E-state index is 12.0. The van der Waals surface area contributed by atoms with Crippen molar-refractivity contribution in [1.29, 1.82) is 0 Å². The van der Waals surface area contributed by atoms with Crippen molar-refractivity contribution in [2.24, 2.45) is 5.73 Å². The van der Waals surface area contributed by atoms with E-state index >= 15 is 0 Å². The fourth-order valence-electron chi connectivity index (χ4n) is 2.19. The van der Waals surface area contributed by atoms with Gasteiger partial charge in [-0.1, -0.05) is 13.3 Å². The zero-order chi connectivity index (χ0) is 14.4. The first-order valence-corrected chi connectivity index (χ1v) is 7.06. The van der Waals surface area contributed by atoms with E-state index in [-0.39, 0.29) is 30.7 Å². The lowest BCUT2D eigenvalue weighted by Gasteiger charge is -2.29. The van der Waals surface area contributed by atoms with Crippen LogP contribution in [0.15, 0.2) is 18.3 Å². The highest BCUT2D eigenvalue weighted by molar-refractivity contribution is 5.97. The Bertz CT molecular complexity index is 456. The summed E-state index contributed by atoms with van der Waals surface area (Å²) in [5.41, 5.74) is 6.55. The molecule has 1 fully saturated rings. The van der Waals surface area contributed by atoms with Crippen molar-refractivity contribution >= 4 is 42.2 Å². The van der Waals surface area contributed by atoms with E-state index in [0.29, 0.717) is 25.3 Å². The SMILES string of the molecule is CCCC(N)C(=O)Nc1cccnc1N1CCOCC1.Cl.Cl. The Morgan fingerprint density at radius 1 is 1.45 bits per heavy atom. The Hall–Kier alpha value is -1.08. The summed E-state index contributed by atoms with van der Waals surface area (Å²) < 4.78 is 5.34. The van der Waals surface area contributed by atoms with Crippen molar-refractivity contribution in [2.45, 2.75) is 25.8 Å². The number of nitrogens with zero attached hydrogens (tertiary/aromatic N) is 2. The maximum Gasteiger partial charge on any atom is 0.241 e. The fourth-order valence-corrected chi connectivity index (χ4v) is 2.19. The van der Waals surface area contributed by atoms with Crippen LogP contribution in [0.3, 0.4) is 0 Å². The molecule has 22 heavy (non-hydrogen) atoms. The number of hydrogen-bond donors (Lipinski definition) is 2. The summed E-state index contributed by atoms with van der Waals surface area (Å²) in [5.74, 6) is 0.627. The molecular weight excluding hydrogens is 327 g/mol. The van der Waals surface area contributed by atoms with Crippen LogP contribution in [0.1, 0.15) is 19.8 Å². The molecule has 1 aliphatic heterocycles. The largest absolute Gasteiger partial charge is 0.378 e. The van der Waals surface area contributed by atoms with E-state index in [4.69, 9.17) is 10.5 Å². The summed E-state index contributed by atoms with van der Waals surface area (Å²) in [7, 11) is 0. The van der Waals surface area contributed by atoms with Crippen LogP contribution in [-0.2, 0) is 9.53 Å². The summed E-state index contributed by atoms with van der Waals surface area (Å²) >= 11 is 0. The van der Waals surface area contributed by atoms with Crippen LogP contribution in [0.4, 0.5) is 11.5 Å². The summed E-state index contributed by atoms with van der Waals surface area (Å²) in [4.78, 5) is 18.5. The number of ether oxygens (including phenoxy) is 1. The van der Waals surface area contributed by atoms with Crippen LogP contribution in [0.2, 0.25) is 0 Å². The van der Waals surface area contributed by atoms with Crippen LogP contribution in [-0.4, -0.2) is 43.2 Å². The van der Waals surface area contributed by atoms with Gasteiger partial charge in [0.25, 0.3) is 0 Å². The zero-order valence-electron chi connectivity index (χ0n) is 12.7. The third kappa shape index (κ3) is 5.61. The fraction of sp³-hybridized carbons (Fsp3) is 0.571. The number of hydrogen-bond acceptors (Lipinski definition) is 5. The molecule has 1 unspecified atom stereocenters. The van der Waals surface area contributed by atoms with Crippen molar-refractivity contribution in [1.82, 2.24) is 4.98 Å². The van der Waals surface area contributed by atoms with Gasteiger partial charge in [0.1, 0.15) is 0 Å². The van der Waals surface area contributed by atoms with Gasteiger partial charge in [0.05, 0.1) is 24.9 Å². The van der Waals surface area contributed by atoms with Crippen LogP contribution in [0.25, 0.3) is 0 Å². The Morgan fingerprint density at radius 3 is 2.77 bits per heavy atom.